The number of pyridine rings is 1. The van der Waals surface area contributed by atoms with E-state index in [0.29, 0.717) is 6.54 Å². The van der Waals surface area contributed by atoms with E-state index < -0.39 is 0 Å². The van der Waals surface area contributed by atoms with Crippen molar-refractivity contribution in [3.05, 3.63) is 36.5 Å². The van der Waals surface area contributed by atoms with Gasteiger partial charge in [0.25, 0.3) is 0 Å². The molecule has 6 nitrogen and oxygen atoms in total. The molecule has 1 N–H and O–H groups in total. The second-order valence-corrected chi connectivity index (χ2v) is 5.84. The summed E-state index contributed by atoms with van der Waals surface area (Å²) in [7, 11) is 3.88. The molecular formula is C18H30IN5O. The standard InChI is InChI=1S/C18H29N5O.HI/c1-4-5-6-10-22(3)18(19-2)21-15-16-8-7-9-20-17(16)23-11-13-24-14-12-23;/h4,7-9H,1,5-6,10-15H2,2-3H3,(H,19,21);1H. The Morgan fingerprint density at radius 1 is 1.48 bits per heavy atom. The molecule has 2 heterocycles. The van der Waals surface area contributed by atoms with Crippen LogP contribution in [-0.4, -0.2) is 62.8 Å². The van der Waals surface area contributed by atoms with Crippen molar-refractivity contribution in [2.45, 2.75) is 19.4 Å². The molecule has 25 heavy (non-hydrogen) atoms. The maximum Gasteiger partial charge on any atom is 0.193 e. The van der Waals surface area contributed by atoms with Gasteiger partial charge in [0.15, 0.2) is 5.96 Å². The highest BCUT2D eigenvalue weighted by molar-refractivity contribution is 14.0. The number of aliphatic imine (C=N–C) groups is 1. The Morgan fingerprint density at radius 2 is 2.24 bits per heavy atom. The van der Waals surface area contributed by atoms with Gasteiger partial charge in [-0.25, -0.2) is 4.98 Å². The normalized spacial score (nSPS) is 14.6. The van der Waals surface area contributed by atoms with Crippen molar-refractivity contribution in [1.29, 1.82) is 0 Å². The minimum Gasteiger partial charge on any atom is -0.378 e. The van der Waals surface area contributed by atoms with E-state index in [1.807, 2.05) is 25.4 Å². The van der Waals surface area contributed by atoms with Crippen LogP contribution in [0.15, 0.2) is 36.0 Å². The van der Waals surface area contributed by atoms with E-state index in [0.717, 1.165) is 57.5 Å². The highest BCUT2D eigenvalue weighted by atomic mass is 127. The fourth-order valence-electron chi connectivity index (χ4n) is 2.77. The number of aromatic nitrogens is 1. The number of hydrogen-bond acceptors (Lipinski definition) is 4. The van der Waals surface area contributed by atoms with Gasteiger partial charge in [-0.3, -0.25) is 4.99 Å². The summed E-state index contributed by atoms with van der Waals surface area (Å²) in [5.41, 5.74) is 1.18. The Hall–Kier alpha value is -1.35. The third-order valence-corrected chi connectivity index (χ3v) is 4.09. The van der Waals surface area contributed by atoms with Crippen LogP contribution in [0.3, 0.4) is 0 Å². The molecule has 7 heteroatoms. The summed E-state index contributed by atoms with van der Waals surface area (Å²) >= 11 is 0. The van der Waals surface area contributed by atoms with Gasteiger partial charge >= 0.3 is 0 Å². The average molecular weight is 459 g/mol. The zero-order chi connectivity index (χ0) is 17.2. The van der Waals surface area contributed by atoms with Gasteiger partial charge in [0.1, 0.15) is 5.82 Å². The third-order valence-electron chi connectivity index (χ3n) is 4.09. The number of hydrogen-bond donors (Lipinski definition) is 1. The van der Waals surface area contributed by atoms with Crippen LogP contribution in [0, 0.1) is 0 Å². The number of allylic oxidation sites excluding steroid dienone is 1. The van der Waals surface area contributed by atoms with E-state index >= 15 is 0 Å². The number of ether oxygens (including phenoxy) is 1. The van der Waals surface area contributed by atoms with E-state index in [9.17, 15) is 0 Å². The summed E-state index contributed by atoms with van der Waals surface area (Å²) in [6.45, 7) is 8.73. The molecule has 140 valence electrons. The summed E-state index contributed by atoms with van der Waals surface area (Å²) < 4.78 is 5.44. The van der Waals surface area contributed by atoms with E-state index in [1.54, 1.807) is 0 Å². The molecule has 0 bridgehead atoms. The van der Waals surface area contributed by atoms with Crippen molar-refractivity contribution in [3.8, 4) is 0 Å². The van der Waals surface area contributed by atoms with Crippen LogP contribution in [0.25, 0.3) is 0 Å². The van der Waals surface area contributed by atoms with Gasteiger partial charge in [0.05, 0.1) is 13.2 Å². The van der Waals surface area contributed by atoms with E-state index in [2.05, 4.69) is 44.8 Å². The van der Waals surface area contributed by atoms with Gasteiger partial charge in [-0.05, 0) is 18.9 Å². The number of unbranched alkanes of at least 4 members (excludes halogenated alkanes) is 1. The quantitative estimate of drug-likeness (QED) is 0.223. The zero-order valence-electron chi connectivity index (χ0n) is 15.3. The van der Waals surface area contributed by atoms with E-state index in [1.165, 1.54) is 5.56 Å². The lowest BCUT2D eigenvalue weighted by atomic mass is 10.2. The third kappa shape index (κ3) is 6.81. The van der Waals surface area contributed by atoms with E-state index in [-0.39, 0.29) is 24.0 Å². The van der Waals surface area contributed by atoms with Crippen LogP contribution in [0.5, 0.6) is 0 Å². The summed E-state index contributed by atoms with van der Waals surface area (Å²) in [5, 5.41) is 3.44. The lowest BCUT2D eigenvalue weighted by molar-refractivity contribution is 0.122. The van der Waals surface area contributed by atoms with Gasteiger partial charge in [-0.2, -0.15) is 0 Å². The van der Waals surface area contributed by atoms with Crippen molar-refractivity contribution in [2.24, 2.45) is 4.99 Å². The molecule has 0 atom stereocenters. The molecule has 0 unspecified atom stereocenters. The molecular weight excluding hydrogens is 429 g/mol. The van der Waals surface area contributed by atoms with Gasteiger partial charge in [0, 0.05) is 52.0 Å². The lowest BCUT2D eigenvalue weighted by Gasteiger charge is -2.30. The van der Waals surface area contributed by atoms with Crippen LogP contribution < -0.4 is 10.2 Å². The Balaban J connectivity index is 0.00000312. The number of nitrogens with one attached hydrogen (secondary N) is 1. The fourth-order valence-corrected chi connectivity index (χ4v) is 2.77. The Bertz CT molecular complexity index is 546. The van der Waals surface area contributed by atoms with E-state index in [4.69, 9.17) is 4.74 Å². The molecule has 1 aromatic rings. The lowest BCUT2D eigenvalue weighted by Crippen LogP contribution is -2.40. The monoisotopic (exact) mass is 459 g/mol. The maximum atomic E-state index is 5.44. The molecule has 1 fully saturated rings. The first kappa shape index (κ1) is 21.7. The molecule has 0 aliphatic carbocycles. The smallest absolute Gasteiger partial charge is 0.193 e. The van der Waals surface area contributed by atoms with Crippen LogP contribution in [0.4, 0.5) is 5.82 Å². The van der Waals surface area contributed by atoms with Gasteiger partial charge in [-0.15, -0.1) is 30.6 Å². The minimum atomic E-state index is 0. The number of morpholine rings is 1. The molecule has 1 aliphatic heterocycles. The molecule has 0 radical (unpaired) electrons. The first-order valence-corrected chi connectivity index (χ1v) is 8.55. The maximum absolute atomic E-state index is 5.44. The minimum absolute atomic E-state index is 0. The summed E-state index contributed by atoms with van der Waals surface area (Å²) in [6.07, 6.45) is 5.90. The average Bonchev–Trinajstić information content (AvgIpc) is 2.63. The molecule has 1 aliphatic rings. The topological polar surface area (TPSA) is 53.0 Å². The fraction of sp³-hybridized carbons (Fsp3) is 0.556. The first-order valence-electron chi connectivity index (χ1n) is 8.55. The molecule has 0 saturated carbocycles. The Labute approximate surface area is 168 Å². The molecule has 1 saturated heterocycles. The first-order chi connectivity index (χ1) is 11.8. The highest BCUT2D eigenvalue weighted by Crippen LogP contribution is 2.18. The van der Waals surface area contributed by atoms with Gasteiger partial charge in [0.2, 0.25) is 0 Å². The largest absolute Gasteiger partial charge is 0.378 e. The number of nitrogens with zero attached hydrogens (tertiary/aromatic N) is 4. The number of guanidine groups is 1. The van der Waals surface area contributed by atoms with Crippen molar-refractivity contribution >= 4 is 35.8 Å². The molecule has 2 rings (SSSR count). The number of rotatable bonds is 7. The van der Waals surface area contributed by atoms with Crippen LogP contribution in [0.1, 0.15) is 18.4 Å². The number of halogens is 1. The predicted molar refractivity (Wildman–Crippen MR) is 115 cm³/mol. The SMILES string of the molecule is C=CCCCN(C)C(=NC)NCc1cccnc1N1CCOCC1.I. The predicted octanol–water partition coefficient (Wildman–Crippen LogP) is 2.51. The van der Waals surface area contributed by atoms with Gasteiger partial charge < -0.3 is 19.9 Å². The zero-order valence-corrected chi connectivity index (χ0v) is 17.6. The summed E-state index contributed by atoms with van der Waals surface area (Å²) in [5.74, 6) is 1.94. The second kappa shape index (κ2) is 12.1. The van der Waals surface area contributed by atoms with Gasteiger partial charge in [-0.1, -0.05) is 12.1 Å². The molecule has 0 spiro atoms. The van der Waals surface area contributed by atoms with Crippen LogP contribution in [0.2, 0.25) is 0 Å². The highest BCUT2D eigenvalue weighted by Gasteiger charge is 2.16. The Morgan fingerprint density at radius 3 is 2.92 bits per heavy atom. The summed E-state index contributed by atoms with van der Waals surface area (Å²) in [4.78, 5) is 13.4. The van der Waals surface area contributed by atoms with Crippen molar-refractivity contribution in [2.75, 3.05) is 51.8 Å². The Kier molecular flexibility index (Phi) is 10.5. The van der Waals surface area contributed by atoms with Crippen molar-refractivity contribution in [3.63, 3.8) is 0 Å². The number of anilines is 1. The van der Waals surface area contributed by atoms with Crippen molar-refractivity contribution in [1.82, 2.24) is 15.2 Å². The summed E-state index contributed by atoms with van der Waals surface area (Å²) in [6, 6.07) is 4.10. The second-order valence-electron chi connectivity index (χ2n) is 5.84. The van der Waals surface area contributed by atoms with Crippen LogP contribution >= 0.6 is 24.0 Å². The van der Waals surface area contributed by atoms with Crippen LogP contribution in [-0.2, 0) is 11.3 Å². The molecule has 1 aromatic heterocycles. The molecule has 0 amide bonds. The van der Waals surface area contributed by atoms with Crippen molar-refractivity contribution < 1.29 is 4.74 Å². The molecule has 0 aromatic carbocycles.